The fourth-order valence-corrected chi connectivity index (χ4v) is 4.37. The van der Waals surface area contributed by atoms with Crippen molar-refractivity contribution in [2.45, 2.75) is 30.3 Å². The lowest BCUT2D eigenvalue weighted by Gasteiger charge is -2.23. The lowest BCUT2D eigenvalue weighted by atomic mass is 10.1. The van der Waals surface area contributed by atoms with E-state index in [1.54, 1.807) is 0 Å². The Hall–Kier alpha value is -1.93. The molecule has 1 aliphatic heterocycles. The van der Waals surface area contributed by atoms with Gasteiger partial charge in [0, 0.05) is 18.7 Å². The van der Waals surface area contributed by atoms with E-state index in [0.29, 0.717) is 13.2 Å². The van der Waals surface area contributed by atoms with Crippen LogP contribution in [0.15, 0.2) is 53.4 Å². The molecule has 1 heterocycles. The van der Waals surface area contributed by atoms with Crippen LogP contribution in [0.5, 0.6) is 0 Å². The highest BCUT2D eigenvalue weighted by Crippen LogP contribution is 2.23. The average molecular weight is 409 g/mol. The molecule has 1 amide bonds. The molecule has 1 unspecified atom stereocenters. The highest BCUT2D eigenvalue weighted by Gasteiger charge is 2.22. The molecule has 2 N–H and O–H groups in total. The van der Waals surface area contributed by atoms with Crippen LogP contribution in [0.2, 0.25) is 5.02 Å². The maximum Gasteiger partial charge on any atom is 0.251 e. The van der Waals surface area contributed by atoms with Crippen molar-refractivity contribution in [3.8, 4) is 0 Å². The second-order valence-electron chi connectivity index (χ2n) is 6.34. The van der Waals surface area contributed by atoms with Gasteiger partial charge in [-0.2, -0.15) is 0 Å². The number of carbonyl (C=O) groups is 1. The summed E-state index contributed by atoms with van der Waals surface area (Å²) < 4.78 is 33.2. The molecule has 0 aliphatic carbocycles. The van der Waals surface area contributed by atoms with Crippen LogP contribution in [-0.2, 0) is 21.3 Å². The Bertz CT molecular complexity index is 897. The van der Waals surface area contributed by atoms with Crippen LogP contribution in [0.3, 0.4) is 0 Å². The van der Waals surface area contributed by atoms with E-state index in [9.17, 15) is 13.2 Å². The Labute approximate surface area is 163 Å². The van der Waals surface area contributed by atoms with E-state index in [0.717, 1.165) is 18.4 Å². The number of hydrogen-bond donors (Lipinski definition) is 2. The summed E-state index contributed by atoms with van der Waals surface area (Å²) in [5.74, 6) is -0.346. The molecule has 3 rings (SSSR count). The summed E-state index contributed by atoms with van der Waals surface area (Å²) in [6.07, 6.45) is 1.72. The molecule has 0 saturated carbocycles. The Morgan fingerprint density at radius 1 is 1.19 bits per heavy atom. The van der Waals surface area contributed by atoms with Crippen LogP contribution in [0, 0.1) is 0 Å². The zero-order valence-electron chi connectivity index (χ0n) is 14.7. The van der Waals surface area contributed by atoms with Crippen molar-refractivity contribution in [2.75, 3.05) is 13.2 Å². The van der Waals surface area contributed by atoms with Crippen molar-refractivity contribution in [1.82, 2.24) is 10.0 Å². The van der Waals surface area contributed by atoms with Crippen LogP contribution in [-0.4, -0.2) is 33.6 Å². The molecule has 1 atom stereocenters. The number of halogens is 1. The van der Waals surface area contributed by atoms with Gasteiger partial charge in [0.25, 0.3) is 5.91 Å². The fourth-order valence-electron chi connectivity index (χ4n) is 2.83. The van der Waals surface area contributed by atoms with Gasteiger partial charge < -0.3 is 10.1 Å². The molecule has 8 heteroatoms. The summed E-state index contributed by atoms with van der Waals surface area (Å²) >= 11 is 6.09. The first-order valence-corrected chi connectivity index (χ1v) is 10.5. The number of hydrogen-bond acceptors (Lipinski definition) is 4. The van der Waals surface area contributed by atoms with Gasteiger partial charge in [-0.3, -0.25) is 4.79 Å². The number of sulfonamides is 1. The van der Waals surface area contributed by atoms with Crippen molar-refractivity contribution in [3.05, 3.63) is 64.7 Å². The van der Waals surface area contributed by atoms with Gasteiger partial charge in [-0.25, -0.2) is 13.1 Å². The predicted octanol–water partition coefficient (Wildman–Crippen LogP) is 2.73. The standard InChI is InChI=1S/C19H21ClN2O4S/c20-17-9-8-15(19(23)22-16-7-4-10-26-13-16)11-18(17)27(24,25)21-12-14-5-2-1-3-6-14/h1-3,5-6,8-9,11,16,21H,4,7,10,12-13H2,(H,22,23). The van der Waals surface area contributed by atoms with Gasteiger partial charge in [0.15, 0.2) is 0 Å². The number of ether oxygens (including phenoxy) is 1. The monoisotopic (exact) mass is 408 g/mol. The molecule has 27 heavy (non-hydrogen) atoms. The maximum absolute atomic E-state index is 12.6. The van der Waals surface area contributed by atoms with Crippen LogP contribution >= 0.6 is 11.6 Å². The molecule has 0 aromatic heterocycles. The minimum absolute atomic E-state index is 0.0631. The first-order valence-electron chi connectivity index (χ1n) is 8.67. The van der Waals surface area contributed by atoms with Crippen LogP contribution in [0.4, 0.5) is 0 Å². The average Bonchev–Trinajstić information content (AvgIpc) is 2.68. The molecule has 1 fully saturated rings. The Balaban J connectivity index is 1.74. The minimum Gasteiger partial charge on any atom is -0.379 e. The van der Waals surface area contributed by atoms with Crippen molar-refractivity contribution in [3.63, 3.8) is 0 Å². The summed E-state index contributed by atoms with van der Waals surface area (Å²) in [6.45, 7) is 1.29. The molecule has 1 saturated heterocycles. The SMILES string of the molecule is O=C(NC1CCCOC1)c1ccc(Cl)c(S(=O)(=O)NCc2ccccc2)c1. The van der Waals surface area contributed by atoms with Crippen LogP contribution in [0.25, 0.3) is 0 Å². The number of benzene rings is 2. The zero-order chi connectivity index (χ0) is 19.3. The first-order chi connectivity index (χ1) is 13.0. The molecule has 2 aromatic rings. The number of carbonyl (C=O) groups excluding carboxylic acids is 1. The summed E-state index contributed by atoms with van der Waals surface area (Å²) in [6, 6.07) is 13.3. The third-order valence-electron chi connectivity index (χ3n) is 4.29. The van der Waals surface area contributed by atoms with Crippen molar-refractivity contribution >= 4 is 27.5 Å². The molecule has 0 spiro atoms. The Kier molecular flexibility index (Phi) is 6.49. The third-order valence-corrected chi connectivity index (χ3v) is 6.17. The number of nitrogens with one attached hydrogen (secondary N) is 2. The molecule has 0 bridgehead atoms. The highest BCUT2D eigenvalue weighted by atomic mass is 35.5. The van der Waals surface area contributed by atoms with E-state index in [2.05, 4.69) is 10.0 Å². The summed E-state index contributed by atoms with van der Waals surface area (Å²) in [5, 5.41) is 2.93. The van der Waals surface area contributed by atoms with E-state index in [-0.39, 0.29) is 34.0 Å². The predicted molar refractivity (Wildman–Crippen MR) is 103 cm³/mol. The highest BCUT2D eigenvalue weighted by molar-refractivity contribution is 7.89. The van der Waals surface area contributed by atoms with Crippen molar-refractivity contribution in [1.29, 1.82) is 0 Å². The smallest absolute Gasteiger partial charge is 0.251 e. The maximum atomic E-state index is 12.6. The van der Waals surface area contributed by atoms with Crippen LogP contribution < -0.4 is 10.0 Å². The van der Waals surface area contributed by atoms with Gasteiger partial charge in [0.2, 0.25) is 10.0 Å². The molecule has 6 nitrogen and oxygen atoms in total. The molecular formula is C19H21ClN2O4S. The second kappa shape index (κ2) is 8.84. The fraction of sp³-hybridized carbons (Fsp3) is 0.316. The van der Waals surface area contributed by atoms with Gasteiger partial charge in [-0.1, -0.05) is 41.9 Å². The Morgan fingerprint density at radius 3 is 2.67 bits per heavy atom. The van der Waals surface area contributed by atoms with Gasteiger partial charge >= 0.3 is 0 Å². The number of rotatable bonds is 6. The van der Waals surface area contributed by atoms with E-state index in [1.165, 1.54) is 18.2 Å². The topological polar surface area (TPSA) is 84.5 Å². The molecule has 1 aliphatic rings. The second-order valence-corrected chi connectivity index (χ2v) is 8.49. The van der Waals surface area contributed by atoms with Gasteiger partial charge in [0.1, 0.15) is 4.90 Å². The van der Waals surface area contributed by atoms with E-state index in [4.69, 9.17) is 16.3 Å². The third kappa shape index (κ3) is 5.29. The zero-order valence-corrected chi connectivity index (χ0v) is 16.2. The number of amides is 1. The molecule has 0 radical (unpaired) electrons. The first kappa shape index (κ1) is 19.8. The van der Waals surface area contributed by atoms with Crippen molar-refractivity contribution in [2.24, 2.45) is 0 Å². The van der Waals surface area contributed by atoms with Crippen LogP contribution in [0.1, 0.15) is 28.8 Å². The normalized spacial score (nSPS) is 17.4. The van der Waals surface area contributed by atoms with E-state index in [1.807, 2.05) is 30.3 Å². The molecular weight excluding hydrogens is 388 g/mol. The molecule has 2 aromatic carbocycles. The van der Waals surface area contributed by atoms with Gasteiger partial charge in [-0.05, 0) is 36.6 Å². The summed E-state index contributed by atoms with van der Waals surface area (Å²) in [5.41, 5.74) is 1.06. The molecule has 144 valence electrons. The summed E-state index contributed by atoms with van der Waals surface area (Å²) in [4.78, 5) is 12.3. The van der Waals surface area contributed by atoms with Crippen molar-refractivity contribution < 1.29 is 17.9 Å². The Morgan fingerprint density at radius 2 is 1.96 bits per heavy atom. The van der Waals surface area contributed by atoms with E-state index >= 15 is 0 Å². The quantitative estimate of drug-likeness (QED) is 0.769. The lowest BCUT2D eigenvalue weighted by Crippen LogP contribution is -2.40. The lowest BCUT2D eigenvalue weighted by molar-refractivity contribution is 0.0624. The largest absolute Gasteiger partial charge is 0.379 e. The summed E-state index contributed by atoms with van der Waals surface area (Å²) in [7, 11) is -3.86. The van der Waals surface area contributed by atoms with Gasteiger partial charge in [0.05, 0.1) is 17.7 Å². The minimum atomic E-state index is -3.86. The van der Waals surface area contributed by atoms with Gasteiger partial charge in [-0.15, -0.1) is 0 Å². The van der Waals surface area contributed by atoms with E-state index < -0.39 is 10.0 Å².